The lowest BCUT2D eigenvalue weighted by Crippen LogP contribution is -2.26. The minimum atomic E-state index is 0.121. The van der Waals surface area contributed by atoms with Crippen LogP contribution in [0.25, 0.3) is 0 Å². The largest absolute Gasteiger partial charge is 0.334 e. The van der Waals surface area contributed by atoms with Crippen molar-refractivity contribution in [3.8, 4) is 0 Å². The van der Waals surface area contributed by atoms with Gasteiger partial charge in [0.1, 0.15) is 5.82 Å². The fourth-order valence-electron chi connectivity index (χ4n) is 3.00. The van der Waals surface area contributed by atoms with Crippen molar-refractivity contribution in [1.29, 1.82) is 0 Å². The van der Waals surface area contributed by atoms with E-state index in [-0.39, 0.29) is 5.41 Å². The van der Waals surface area contributed by atoms with Crippen LogP contribution in [0.5, 0.6) is 0 Å². The summed E-state index contributed by atoms with van der Waals surface area (Å²) in [5.74, 6) is 1.76. The molecular weight excluding hydrogens is 272 g/mol. The summed E-state index contributed by atoms with van der Waals surface area (Å²) >= 11 is 0. The van der Waals surface area contributed by atoms with Gasteiger partial charge in [-0.15, -0.1) is 0 Å². The topological polar surface area (TPSA) is 42.7 Å². The minimum Gasteiger partial charge on any atom is -0.334 e. The molecule has 118 valence electrons. The molecule has 22 heavy (non-hydrogen) atoms. The van der Waals surface area contributed by atoms with Crippen molar-refractivity contribution < 1.29 is 0 Å². The Morgan fingerprint density at radius 1 is 1.32 bits per heavy atom. The van der Waals surface area contributed by atoms with Gasteiger partial charge in [-0.1, -0.05) is 26.8 Å². The first-order valence-corrected chi connectivity index (χ1v) is 8.22. The molecule has 2 aromatic heterocycles. The summed E-state index contributed by atoms with van der Waals surface area (Å²) in [4.78, 5) is 9.30. The number of imidazole rings is 1. The van der Waals surface area contributed by atoms with Gasteiger partial charge in [0.25, 0.3) is 0 Å². The van der Waals surface area contributed by atoms with Gasteiger partial charge in [-0.25, -0.2) is 4.98 Å². The molecule has 0 fully saturated rings. The van der Waals surface area contributed by atoms with E-state index in [0.717, 1.165) is 25.3 Å². The highest BCUT2D eigenvalue weighted by Gasteiger charge is 2.26. The zero-order chi connectivity index (χ0) is 15.6. The van der Waals surface area contributed by atoms with E-state index in [0.29, 0.717) is 5.92 Å². The predicted octanol–water partition coefficient (Wildman–Crippen LogP) is 3.24. The maximum Gasteiger partial charge on any atom is 0.113 e. The van der Waals surface area contributed by atoms with Crippen LogP contribution in [-0.2, 0) is 18.5 Å². The van der Waals surface area contributed by atoms with Gasteiger partial charge in [-0.05, 0) is 25.0 Å². The van der Waals surface area contributed by atoms with E-state index in [2.05, 4.69) is 47.9 Å². The molecule has 0 saturated carbocycles. The zero-order valence-corrected chi connectivity index (χ0v) is 13.8. The van der Waals surface area contributed by atoms with Crippen LogP contribution < -0.4 is 5.32 Å². The van der Waals surface area contributed by atoms with Crippen molar-refractivity contribution in [1.82, 2.24) is 19.9 Å². The molecular formula is C18H26N4. The van der Waals surface area contributed by atoms with E-state index in [4.69, 9.17) is 4.98 Å². The van der Waals surface area contributed by atoms with Crippen LogP contribution in [-0.4, -0.2) is 21.1 Å². The van der Waals surface area contributed by atoms with Crippen molar-refractivity contribution in [2.75, 3.05) is 6.54 Å². The molecule has 1 aliphatic heterocycles. The van der Waals surface area contributed by atoms with Gasteiger partial charge in [0.2, 0.25) is 0 Å². The van der Waals surface area contributed by atoms with E-state index >= 15 is 0 Å². The van der Waals surface area contributed by atoms with Gasteiger partial charge < -0.3 is 9.88 Å². The fourth-order valence-corrected chi connectivity index (χ4v) is 3.00. The monoisotopic (exact) mass is 298 g/mol. The second-order valence-corrected chi connectivity index (χ2v) is 7.22. The SMILES string of the molecule is CC(C)(C)c1cn2c(n1)[C@H](CNCc1ccccn1)CCC2. The quantitative estimate of drug-likeness (QED) is 0.942. The van der Waals surface area contributed by atoms with Gasteiger partial charge >= 0.3 is 0 Å². The number of rotatable bonds is 4. The molecule has 0 aromatic carbocycles. The maximum absolute atomic E-state index is 4.94. The molecule has 0 radical (unpaired) electrons. The van der Waals surface area contributed by atoms with Crippen LogP contribution in [0.2, 0.25) is 0 Å². The highest BCUT2D eigenvalue weighted by molar-refractivity contribution is 5.17. The maximum atomic E-state index is 4.94. The van der Waals surface area contributed by atoms with Gasteiger partial charge in [0, 0.05) is 43.4 Å². The van der Waals surface area contributed by atoms with Gasteiger partial charge in [-0.2, -0.15) is 0 Å². The third-order valence-electron chi connectivity index (χ3n) is 4.32. The average Bonchev–Trinajstić information content (AvgIpc) is 2.93. The first-order valence-electron chi connectivity index (χ1n) is 8.22. The first-order chi connectivity index (χ1) is 10.5. The Kier molecular flexibility index (Phi) is 4.30. The molecule has 1 atom stereocenters. The zero-order valence-electron chi connectivity index (χ0n) is 13.8. The van der Waals surface area contributed by atoms with Crippen molar-refractivity contribution >= 4 is 0 Å². The summed E-state index contributed by atoms with van der Waals surface area (Å²) in [5.41, 5.74) is 2.42. The summed E-state index contributed by atoms with van der Waals surface area (Å²) in [6, 6.07) is 6.05. The molecule has 0 spiro atoms. The van der Waals surface area contributed by atoms with Crippen molar-refractivity contribution in [3.05, 3.63) is 47.8 Å². The Morgan fingerprint density at radius 2 is 2.18 bits per heavy atom. The summed E-state index contributed by atoms with van der Waals surface area (Å²) in [5, 5.41) is 3.54. The van der Waals surface area contributed by atoms with Crippen molar-refractivity contribution in [2.45, 2.75) is 58.0 Å². The minimum absolute atomic E-state index is 0.121. The fraction of sp³-hybridized carbons (Fsp3) is 0.556. The standard InChI is InChI=1S/C18H26N4/c1-18(2,3)16-13-22-10-6-7-14(17(22)21-16)11-19-12-15-8-4-5-9-20-15/h4-5,8-9,13-14,19H,6-7,10-12H2,1-3H3/t14-/m0/s1. The van der Waals surface area contributed by atoms with Crippen molar-refractivity contribution in [3.63, 3.8) is 0 Å². The van der Waals surface area contributed by atoms with Crippen molar-refractivity contribution in [2.24, 2.45) is 0 Å². The molecule has 1 N–H and O–H groups in total. The number of fused-ring (bicyclic) bond motifs is 1. The molecule has 4 nitrogen and oxygen atoms in total. The number of hydrogen-bond acceptors (Lipinski definition) is 3. The van der Waals surface area contributed by atoms with E-state index in [1.807, 2.05) is 18.3 Å². The Hall–Kier alpha value is -1.68. The van der Waals surface area contributed by atoms with Crippen LogP contribution in [0, 0.1) is 0 Å². The molecule has 3 rings (SSSR count). The Bertz CT molecular complexity index is 610. The number of hydrogen-bond donors (Lipinski definition) is 1. The number of nitrogens with one attached hydrogen (secondary N) is 1. The highest BCUT2D eigenvalue weighted by Crippen LogP contribution is 2.30. The highest BCUT2D eigenvalue weighted by atomic mass is 15.1. The van der Waals surface area contributed by atoms with Gasteiger partial charge in [0.15, 0.2) is 0 Å². The van der Waals surface area contributed by atoms with Crippen LogP contribution >= 0.6 is 0 Å². The normalized spacial score (nSPS) is 18.2. The molecule has 0 aliphatic carbocycles. The van der Waals surface area contributed by atoms with Crippen LogP contribution in [0.1, 0.15) is 56.7 Å². The third-order valence-corrected chi connectivity index (χ3v) is 4.32. The lowest BCUT2D eigenvalue weighted by Gasteiger charge is -2.23. The smallest absolute Gasteiger partial charge is 0.113 e. The molecule has 0 bridgehead atoms. The average molecular weight is 298 g/mol. The second kappa shape index (κ2) is 6.21. The molecule has 0 amide bonds. The third kappa shape index (κ3) is 3.38. The first kappa shape index (κ1) is 15.2. The lowest BCUT2D eigenvalue weighted by atomic mass is 9.93. The lowest BCUT2D eigenvalue weighted by molar-refractivity contribution is 0.422. The Morgan fingerprint density at radius 3 is 2.91 bits per heavy atom. The number of nitrogens with zero attached hydrogens (tertiary/aromatic N) is 3. The summed E-state index contributed by atoms with van der Waals surface area (Å²) in [6.07, 6.45) is 6.55. The van der Waals surface area contributed by atoms with Crippen LogP contribution in [0.15, 0.2) is 30.6 Å². The van der Waals surface area contributed by atoms with Gasteiger partial charge in [0.05, 0.1) is 11.4 Å². The van der Waals surface area contributed by atoms with E-state index in [9.17, 15) is 0 Å². The number of aromatic nitrogens is 3. The van der Waals surface area contributed by atoms with Crippen LogP contribution in [0.4, 0.5) is 0 Å². The molecule has 4 heteroatoms. The number of aryl methyl sites for hydroxylation is 1. The van der Waals surface area contributed by atoms with Crippen LogP contribution in [0.3, 0.4) is 0 Å². The molecule has 0 saturated heterocycles. The summed E-state index contributed by atoms with van der Waals surface area (Å²) in [7, 11) is 0. The van der Waals surface area contributed by atoms with E-state index in [1.165, 1.54) is 24.4 Å². The predicted molar refractivity (Wildman–Crippen MR) is 88.8 cm³/mol. The van der Waals surface area contributed by atoms with E-state index < -0.39 is 0 Å². The Labute approximate surface area is 133 Å². The summed E-state index contributed by atoms with van der Waals surface area (Å²) < 4.78 is 2.36. The molecule has 1 aliphatic rings. The second-order valence-electron chi connectivity index (χ2n) is 7.22. The molecule has 3 heterocycles. The number of pyridine rings is 1. The van der Waals surface area contributed by atoms with Gasteiger partial charge in [-0.3, -0.25) is 4.98 Å². The molecule has 2 aromatic rings. The summed E-state index contributed by atoms with van der Waals surface area (Å²) in [6.45, 7) is 9.59. The Balaban J connectivity index is 1.65. The van der Waals surface area contributed by atoms with E-state index in [1.54, 1.807) is 0 Å². The molecule has 0 unspecified atom stereocenters.